The van der Waals surface area contributed by atoms with E-state index in [0.717, 1.165) is 10.5 Å². The Bertz CT molecular complexity index is 1420. The molecule has 4 rings (SSSR count). The molecule has 1 aliphatic rings. The first-order valence-corrected chi connectivity index (χ1v) is 12.0. The number of esters is 1. The van der Waals surface area contributed by atoms with Gasteiger partial charge >= 0.3 is 5.97 Å². The van der Waals surface area contributed by atoms with Crippen LogP contribution in [-0.4, -0.2) is 30.3 Å². The minimum atomic E-state index is -0.705. The maximum absolute atomic E-state index is 13.1. The molecule has 2 N–H and O–H groups in total. The molecule has 188 valence electrons. The van der Waals surface area contributed by atoms with Crippen LogP contribution in [0.4, 0.5) is 17.1 Å². The maximum atomic E-state index is 13.1. The van der Waals surface area contributed by atoms with Gasteiger partial charge in [0.25, 0.3) is 17.7 Å². The van der Waals surface area contributed by atoms with Crippen LogP contribution < -0.4 is 15.5 Å². The number of aryl methyl sites for hydroxylation is 1. The first kappa shape index (κ1) is 25.7. The van der Waals surface area contributed by atoms with E-state index in [9.17, 15) is 19.2 Å². The van der Waals surface area contributed by atoms with Crippen LogP contribution in [0.5, 0.6) is 0 Å². The normalized spacial score (nSPS) is 13.1. The first-order chi connectivity index (χ1) is 17.8. The molecular formula is C28H24ClN3O5. The van der Waals surface area contributed by atoms with E-state index in [1.807, 2.05) is 32.0 Å². The molecule has 0 aliphatic carbocycles. The topological polar surface area (TPSA) is 105 Å². The van der Waals surface area contributed by atoms with Gasteiger partial charge in [-0.3, -0.25) is 14.4 Å². The highest BCUT2D eigenvalue weighted by atomic mass is 35.5. The molecule has 0 saturated heterocycles. The SMILES string of the molecule is CCCOC(=O)c1ccc(N2C(=O)C(Cl)=C(Nc3cccc(C(=O)Nc4ccccc4C)c3)C2=O)cc1. The number of halogens is 1. The lowest BCUT2D eigenvalue weighted by Crippen LogP contribution is -2.32. The number of imide groups is 1. The van der Waals surface area contributed by atoms with E-state index < -0.39 is 17.8 Å². The molecule has 0 unspecified atom stereocenters. The fourth-order valence-corrected chi connectivity index (χ4v) is 3.87. The number of rotatable bonds is 8. The zero-order valence-electron chi connectivity index (χ0n) is 20.2. The smallest absolute Gasteiger partial charge is 0.338 e. The van der Waals surface area contributed by atoms with Crippen molar-refractivity contribution in [2.75, 3.05) is 22.1 Å². The van der Waals surface area contributed by atoms with Gasteiger partial charge in [0.05, 0.1) is 17.9 Å². The van der Waals surface area contributed by atoms with E-state index in [4.69, 9.17) is 16.3 Å². The van der Waals surface area contributed by atoms with Crippen molar-refractivity contribution in [3.05, 3.63) is 100 Å². The number of benzene rings is 3. The average molecular weight is 518 g/mol. The van der Waals surface area contributed by atoms with Crippen molar-refractivity contribution in [2.45, 2.75) is 20.3 Å². The highest BCUT2D eigenvalue weighted by Crippen LogP contribution is 2.30. The number of hydrogen-bond donors (Lipinski definition) is 2. The van der Waals surface area contributed by atoms with Crippen LogP contribution in [0, 0.1) is 6.92 Å². The summed E-state index contributed by atoms with van der Waals surface area (Å²) in [6, 6.07) is 19.8. The van der Waals surface area contributed by atoms with Gasteiger partial charge in [0.2, 0.25) is 0 Å². The standard InChI is InChI=1S/C28H24ClN3O5/c1-3-15-37-28(36)18-11-13-21(14-12-18)32-26(34)23(29)24(27(32)35)30-20-9-6-8-19(16-20)25(33)31-22-10-5-4-7-17(22)2/h4-14,16,30H,3,15H2,1-2H3,(H,31,33). The molecule has 0 fully saturated rings. The molecule has 0 aromatic heterocycles. The van der Waals surface area contributed by atoms with Crippen molar-refractivity contribution in [3.8, 4) is 0 Å². The summed E-state index contributed by atoms with van der Waals surface area (Å²) >= 11 is 6.24. The van der Waals surface area contributed by atoms with Gasteiger partial charge < -0.3 is 15.4 Å². The van der Waals surface area contributed by atoms with Crippen molar-refractivity contribution in [1.82, 2.24) is 0 Å². The molecule has 0 spiro atoms. The third-order valence-corrected chi connectivity index (χ3v) is 5.96. The molecule has 8 nitrogen and oxygen atoms in total. The highest BCUT2D eigenvalue weighted by Gasteiger charge is 2.39. The number of nitrogens with one attached hydrogen (secondary N) is 2. The van der Waals surface area contributed by atoms with Crippen molar-refractivity contribution in [1.29, 1.82) is 0 Å². The van der Waals surface area contributed by atoms with Gasteiger partial charge in [-0.15, -0.1) is 0 Å². The maximum Gasteiger partial charge on any atom is 0.338 e. The van der Waals surface area contributed by atoms with Crippen LogP contribution in [0.15, 0.2) is 83.5 Å². The number of hydrogen-bond acceptors (Lipinski definition) is 6. The molecule has 37 heavy (non-hydrogen) atoms. The fraction of sp³-hybridized carbons (Fsp3) is 0.143. The molecule has 3 aromatic carbocycles. The lowest BCUT2D eigenvalue weighted by atomic mass is 10.1. The quantitative estimate of drug-likeness (QED) is 0.312. The molecular weight excluding hydrogens is 494 g/mol. The predicted molar refractivity (Wildman–Crippen MR) is 142 cm³/mol. The minimum absolute atomic E-state index is 0.116. The first-order valence-electron chi connectivity index (χ1n) is 11.6. The number of para-hydroxylation sites is 1. The van der Waals surface area contributed by atoms with Gasteiger partial charge in [0, 0.05) is 16.9 Å². The fourth-order valence-electron chi connectivity index (χ4n) is 3.66. The molecule has 3 aromatic rings. The third kappa shape index (κ3) is 5.54. The van der Waals surface area contributed by atoms with Gasteiger partial charge in [0.1, 0.15) is 10.7 Å². The summed E-state index contributed by atoms with van der Waals surface area (Å²) in [5.41, 5.74) is 2.80. The summed E-state index contributed by atoms with van der Waals surface area (Å²) in [6.07, 6.45) is 0.695. The van der Waals surface area contributed by atoms with E-state index >= 15 is 0 Å². The van der Waals surface area contributed by atoms with Crippen LogP contribution in [-0.2, 0) is 14.3 Å². The lowest BCUT2D eigenvalue weighted by molar-refractivity contribution is -0.120. The summed E-state index contributed by atoms with van der Waals surface area (Å²) in [6.45, 7) is 4.08. The van der Waals surface area contributed by atoms with Crippen molar-refractivity contribution >= 4 is 52.4 Å². The number of anilines is 3. The van der Waals surface area contributed by atoms with Crippen molar-refractivity contribution < 1.29 is 23.9 Å². The second kappa shape index (κ2) is 11.1. The Morgan fingerprint density at radius 3 is 2.35 bits per heavy atom. The summed E-state index contributed by atoms with van der Waals surface area (Å²) in [7, 11) is 0. The summed E-state index contributed by atoms with van der Waals surface area (Å²) in [5.74, 6) is -2.18. The van der Waals surface area contributed by atoms with Gasteiger partial charge in [-0.2, -0.15) is 0 Å². The minimum Gasteiger partial charge on any atom is -0.462 e. The van der Waals surface area contributed by atoms with E-state index in [1.165, 1.54) is 24.3 Å². The van der Waals surface area contributed by atoms with Gasteiger partial charge in [-0.25, -0.2) is 9.69 Å². The summed E-state index contributed by atoms with van der Waals surface area (Å²) in [5, 5.41) is 5.45. The molecule has 0 atom stereocenters. The number of carbonyl (C=O) groups is 4. The Balaban J connectivity index is 1.49. The molecule has 0 saturated carbocycles. The van der Waals surface area contributed by atoms with Crippen LogP contribution in [0.3, 0.4) is 0 Å². The molecule has 1 heterocycles. The number of carbonyl (C=O) groups excluding carboxylic acids is 4. The molecule has 0 radical (unpaired) electrons. The Labute approximate surface area is 218 Å². The second-order valence-corrected chi connectivity index (χ2v) is 8.67. The molecule has 9 heteroatoms. The summed E-state index contributed by atoms with van der Waals surface area (Å²) in [4.78, 5) is 51.6. The third-order valence-electron chi connectivity index (χ3n) is 5.61. The van der Waals surface area contributed by atoms with Crippen LogP contribution >= 0.6 is 11.6 Å². The average Bonchev–Trinajstić information content (AvgIpc) is 3.11. The zero-order chi connectivity index (χ0) is 26.5. The van der Waals surface area contributed by atoms with Crippen LogP contribution in [0.25, 0.3) is 0 Å². The monoisotopic (exact) mass is 517 g/mol. The zero-order valence-corrected chi connectivity index (χ0v) is 21.0. The Kier molecular flexibility index (Phi) is 7.69. The summed E-state index contributed by atoms with van der Waals surface area (Å²) < 4.78 is 5.10. The molecule has 1 aliphatic heterocycles. The van der Waals surface area contributed by atoms with E-state index in [1.54, 1.807) is 30.3 Å². The predicted octanol–water partition coefficient (Wildman–Crippen LogP) is 5.25. The number of ether oxygens (including phenoxy) is 1. The van der Waals surface area contributed by atoms with Gasteiger partial charge in [-0.1, -0.05) is 42.8 Å². The van der Waals surface area contributed by atoms with Gasteiger partial charge in [-0.05, 0) is 67.4 Å². The van der Waals surface area contributed by atoms with E-state index in [0.29, 0.717) is 35.5 Å². The Hall–Kier alpha value is -4.43. The van der Waals surface area contributed by atoms with Gasteiger partial charge in [0.15, 0.2) is 0 Å². The largest absolute Gasteiger partial charge is 0.462 e. The number of amides is 3. The van der Waals surface area contributed by atoms with E-state index in [-0.39, 0.29) is 22.3 Å². The second-order valence-electron chi connectivity index (χ2n) is 8.29. The van der Waals surface area contributed by atoms with Crippen LogP contribution in [0.1, 0.15) is 39.6 Å². The Morgan fingerprint density at radius 1 is 0.919 bits per heavy atom. The lowest BCUT2D eigenvalue weighted by Gasteiger charge is -2.15. The Morgan fingerprint density at radius 2 is 1.65 bits per heavy atom. The number of nitrogens with zero attached hydrogens (tertiary/aromatic N) is 1. The van der Waals surface area contributed by atoms with Crippen LogP contribution in [0.2, 0.25) is 0 Å². The molecule has 0 bridgehead atoms. The molecule has 3 amide bonds. The highest BCUT2D eigenvalue weighted by molar-refractivity contribution is 6.53. The van der Waals surface area contributed by atoms with Crippen molar-refractivity contribution in [3.63, 3.8) is 0 Å². The van der Waals surface area contributed by atoms with Crippen molar-refractivity contribution in [2.24, 2.45) is 0 Å². The van der Waals surface area contributed by atoms with E-state index in [2.05, 4.69) is 10.6 Å².